The Balaban J connectivity index is 1.94. The highest BCUT2D eigenvalue weighted by Gasteiger charge is 2.33. The van der Waals surface area contributed by atoms with Gasteiger partial charge in [0.2, 0.25) is 0 Å². The molecule has 0 saturated heterocycles. The zero-order valence-electron chi connectivity index (χ0n) is 10.9. The Hall–Kier alpha value is -1.06. The summed E-state index contributed by atoms with van der Waals surface area (Å²) < 4.78 is 2.30. The maximum absolute atomic E-state index is 10.2. The van der Waals surface area contributed by atoms with E-state index in [1.165, 1.54) is 10.6 Å². The van der Waals surface area contributed by atoms with Gasteiger partial charge in [0.1, 0.15) is 0 Å². The predicted molar refractivity (Wildman–Crippen MR) is 74.9 cm³/mol. The first-order valence-electron chi connectivity index (χ1n) is 6.43. The average Bonchev–Trinajstić information content (AvgIpc) is 2.88. The molecule has 0 saturated carbocycles. The van der Waals surface area contributed by atoms with Crippen molar-refractivity contribution in [1.29, 1.82) is 0 Å². The van der Waals surface area contributed by atoms with E-state index >= 15 is 0 Å². The summed E-state index contributed by atoms with van der Waals surface area (Å²) in [5.74, 6) is 0. The summed E-state index contributed by atoms with van der Waals surface area (Å²) in [7, 11) is 0. The van der Waals surface area contributed by atoms with Crippen molar-refractivity contribution in [3.05, 3.63) is 45.9 Å². The number of hydrogen-bond donors (Lipinski definition) is 1. The smallest absolute Gasteiger partial charge is 0.0812 e. The molecule has 3 rings (SSSR count). The first-order chi connectivity index (χ1) is 8.55. The van der Waals surface area contributed by atoms with Crippen LogP contribution in [-0.4, -0.2) is 9.67 Å². The van der Waals surface area contributed by atoms with Gasteiger partial charge in [-0.3, -0.25) is 0 Å². The molecular weight excluding hydrogens is 242 g/mol. The van der Waals surface area contributed by atoms with E-state index in [9.17, 15) is 5.11 Å². The summed E-state index contributed by atoms with van der Waals surface area (Å²) in [6.07, 6.45) is 3.74. The highest BCUT2D eigenvalue weighted by molar-refractivity contribution is 7.09. The van der Waals surface area contributed by atoms with Gasteiger partial charge in [-0.05, 0) is 35.8 Å². The maximum atomic E-state index is 10.2. The minimum Gasteiger partial charge on any atom is -0.388 e. The standard InChI is InChI=1S/C15H19NOS/c1-15(2)8-13-12(14(17)9-15)5-6-16(13)10-11-4-3-7-18-11/h3-7,14,17H,8-10H2,1-2H3. The van der Waals surface area contributed by atoms with Gasteiger partial charge in [-0.15, -0.1) is 11.3 Å². The van der Waals surface area contributed by atoms with E-state index in [0.717, 1.165) is 24.9 Å². The summed E-state index contributed by atoms with van der Waals surface area (Å²) in [6, 6.07) is 6.35. The molecule has 18 heavy (non-hydrogen) atoms. The fourth-order valence-corrected chi connectivity index (χ4v) is 3.61. The van der Waals surface area contributed by atoms with Crippen LogP contribution < -0.4 is 0 Å². The molecule has 3 heteroatoms. The second-order valence-electron chi connectivity index (χ2n) is 5.99. The maximum Gasteiger partial charge on any atom is 0.0812 e. The van der Waals surface area contributed by atoms with Crippen molar-refractivity contribution in [1.82, 2.24) is 4.57 Å². The number of aliphatic hydroxyl groups excluding tert-OH is 1. The van der Waals surface area contributed by atoms with Gasteiger partial charge in [-0.2, -0.15) is 0 Å². The van der Waals surface area contributed by atoms with Crippen LogP contribution in [0.2, 0.25) is 0 Å². The average molecular weight is 261 g/mol. The Morgan fingerprint density at radius 2 is 2.28 bits per heavy atom. The van der Waals surface area contributed by atoms with E-state index in [4.69, 9.17) is 0 Å². The lowest BCUT2D eigenvalue weighted by Gasteiger charge is -2.33. The van der Waals surface area contributed by atoms with Gasteiger partial charge in [-0.1, -0.05) is 19.9 Å². The Kier molecular flexibility index (Phi) is 2.83. The topological polar surface area (TPSA) is 25.2 Å². The highest BCUT2D eigenvalue weighted by Crippen LogP contribution is 2.41. The highest BCUT2D eigenvalue weighted by atomic mass is 32.1. The molecule has 2 aromatic rings. The van der Waals surface area contributed by atoms with Gasteiger partial charge >= 0.3 is 0 Å². The molecule has 1 unspecified atom stereocenters. The van der Waals surface area contributed by atoms with Crippen LogP contribution in [0.3, 0.4) is 0 Å². The van der Waals surface area contributed by atoms with E-state index in [1.54, 1.807) is 11.3 Å². The molecule has 0 aromatic carbocycles. The van der Waals surface area contributed by atoms with Crippen molar-refractivity contribution < 1.29 is 5.11 Å². The first kappa shape index (κ1) is 12.0. The summed E-state index contributed by atoms with van der Waals surface area (Å²) in [6.45, 7) is 5.40. The van der Waals surface area contributed by atoms with Gasteiger partial charge < -0.3 is 9.67 Å². The van der Waals surface area contributed by atoms with Crippen LogP contribution in [0.25, 0.3) is 0 Å². The summed E-state index contributed by atoms with van der Waals surface area (Å²) in [5, 5.41) is 12.3. The van der Waals surface area contributed by atoms with Crippen molar-refractivity contribution in [2.24, 2.45) is 5.41 Å². The van der Waals surface area contributed by atoms with Crippen LogP contribution in [0.5, 0.6) is 0 Å². The molecule has 2 aromatic heterocycles. The monoisotopic (exact) mass is 261 g/mol. The molecule has 2 heterocycles. The van der Waals surface area contributed by atoms with Crippen molar-refractivity contribution in [3.8, 4) is 0 Å². The van der Waals surface area contributed by atoms with E-state index in [-0.39, 0.29) is 11.5 Å². The second-order valence-corrected chi connectivity index (χ2v) is 7.02. The van der Waals surface area contributed by atoms with Gasteiger partial charge in [-0.25, -0.2) is 0 Å². The predicted octanol–water partition coefficient (Wildman–Crippen LogP) is 3.60. The summed E-state index contributed by atoms with van der Waals surface area (Å²) in [5.41, 5.74) is 2.64. The lowest BCUT2D eigenvalue weighted by atomic mass is 9.75. The van der Waals surface area contributed by atoms with Gasteiger partial charge in [0, 0.05) is 22.3 Å². The molecule has 0 bridgehead atoms. The van der Waals surface area contributed by atoms with E-state index < -0.39 is 0 Å². The molecule has 0 fully saturated rings. The minimum absolute atomic E-state index is 0.192. The van der Waals surface area contributed by atoms with Crippen LogP contribution in [0.4, 0.5) is 0 Å². The van der Waals surface area contributed by atoms with Crippen LogP contribution >= 0.6 is 11.3 Å². The number of aromatic nitrogens is 1. The van der Waals surface area contributed by atoms with Gasteiger partial charge in [0.05, 0.1) is 12.6 Å². The van der Waals surface area contributed by atoms with Crippen molar-refractivity contribution >= 4 is 11.3 Å². The molecule has 0 spiro atoms. The van der Waals surface area contributed by atoms with E-state index in [2.05, 4.69) is 48.2 Å². The van der Waals surface area contributed by atoms with E-state index in [0.29, 0.717) is 0 Å². The lowest BCUT2D eigenvalue weighted by Crippen LogP contribution is -2.26. The normalized spacial score (nSPS) is 21.8. The summed E-state index contributed by atoms with van der Waals surface area (Å²) >= 11 is 1.79. The molecule has 96 valence electrons. The molecule has 0 amide bonds. The van der Waals surface area contributed by atoms with E-state index in [1.807, 2.05) is 0 Å². The molecule has 0 aliphatic heterocycles. The molecule has 1 atom stereocenters. The quantitative estimate of drug-likeness (QED) is 0.878. The molecule has 1 aliphatic carbocycles. The fraction of sp³-hybridized carbons (Fsp3) is 0.467. The number of thiophene rings is 1. The Labute approximate surface area is 112 Å². The van der Waals surface area contributed by atoms with Gasteiger partial charge in [0.25, 0.3) is 0 Å². The molecule has 0 radical (unpaired) electrons. The van der Waals surface area contributed by atoms with Crippen molar-refractivity contribution in [2.45, 2.75) is 39.3 Å². The van der Waals surface area contributed by atoms with Crippen molar-refractivity contribution in [3.63, 3.8) is 0 Å². The number of aliphatic hydroxyl groups is 1. The van der Waals surface area contributed by atoms with Crippen LogP contribution in [-0.2, 0) is 13.0 Å². The lowest BCUT2D eigenvalue weighted by molar-refractivity contribution is 0.0981. The molecule has 1 aliphatic rings. The number of rotatable bonds is 2. The molecular formula is C15H19NOS. The number of fused-ring (bicyclic) bond motifs is 1. The second kappa shape index (κ2) is 4.25. The zero-order chi connectivity index (χ0) is 12.8. The van der Waals surface area contributed by atoms with Crippen molar-refractivity contribution in [2.75, 3.05) is 0 Å². The minimum atomic E-state index is -0.298. The third kappa shape index (κ3) is 2.13. The van der Waals surface area contributed by atoms with Crippen LogP contribution in [0.1, 0.15) is 42.5 Å². The Morgan fingerprint density at radius 3 is 3.00 bits per heavy atom. The molecule has 2 nitrogen and oxygen atoms in total. The molecule has 1 N–H and O–H groups in total. The number of hydrogen-bond acceptors (Lipinski definition) is 2. The van der Waals surface area contributed by atoms with Crippen LogP contribution in [0.15, 0.2) is 29.8 Å². The fourth-order valence-electron chi connectivity index (χ4n) is 2.91. The SMILES string of the molecule is CC1(C)Cc2c(ccn2Cc2cccs2)C(O)C1. The first-order valence-corrected chi connectivity index (χ1v) is 7.31. The largest absolute Gasteiger partial charge is 0.388 e. The Morgan fingerprint density at radius 1 is 1.44 bits per heavy atom. The third-order valence-electron chi connectivity index (χ3n) is 3.77. The van der Waals surface area contributed by atoms with Crippen LogP contribution in [0, 0.1) is 5.41 Å². The number of nitrogens with zero attached hydrogens (tertiary/aromatic N) is 1. The summed E-state index contributed by atoms with van der Waals surface area (Å²) in [4.78, 5) is 1.37. The third-order valence-corrected chi connectivity index (χ3v) is 4.63. The Bertz CT molecular complexity index is 539. The van der Waals surface area contributed by atoms with Gasteiger partial charge in [0.15, 0.2) is 0 Å². The zero-order valence-corrected chi connectivity index (χ0v) is 11.7.